The van der Waals surface area contributed by atoms with Gasteiger partial charge in [-0.05, 0) is 62.8 Å². The second-order valence-corrected chi connectivity index (χ2v) is 6.09. The van der Waals surface area contributed by atoms with Gasteiger partial charge in [0, 0.05) is 24.7 Å². The van der Waals surface area contributed by atoms with Crippen molar-refractivity contribution in [1.82, 2.24) is 9.78 Å². The summed E-state index contributed by atoms with van der Waals surface area (Å²) >= 11 is 0. The first-order chi connectivity index (χ1) is 9.47. The van der Waals surface area contributed by atoms with E-state index in [1.165, 1.54) is 46.4 Å². The van der Waals surface area contributed by atoms with Crippen molar-refractivity contribution in [2.24, 2.45) is 7.05 Å². The maximum Gasteiger partial charge on any atom is 0.148 e. The third-order valence-corrected chi connectivity index (χ3v) is 4.43. The lowest BCUT2D eigenvalue weighted by atomic mass is 9.92. The Morgan fingerprint density at radius 3 is 2.20 bits per heavy atom. The summed E-state index contributed by atoms with van der Waals surface area (Å²) in [4.78, 5) is 0. The van der Waals surface area contributed by atoms with Gasteiger partial charge in [-0.1, -0.05) is 6.07 Å². The fourth-order valence-corrected chi connectivity index (χ4v) is 2.81. The van der Waals surface area contributed by atoms with E-state index in [-0.39, 0.29) is 0 Å². The van der Waals surface area contributed by atoms with E-state index in [1.54, 1.807) is 0 Å². The summed E-state index contributed by atoms with van der Waals surface area (Å²) in [6.07, 6.45) is 2.54. The van der Waals surface area contributed by atoms with Crippen molar-refractivity contribution in [3.63, 3.8) is 0 Å². The molecule has 1 heterocycles. The van der Waals surface area contributed by atoms with E-state index in [2.05, 4.69) is 50.2 Å². The zero-order valence-corrected chi connectivity index (χ0v) is 13.0. The van der Waals surface area contributed by atoms with Crippen LogP contribution < -0.4 is 5.32 Å². The number of hydrogen-bond acceptors (Lipinski definition) is 2. The summed E-state index contributed by atoms with van der Waals surface area (Å²) in [5, 5.41) is 8.10. The predicted octanol–water partition coefficient (Wildman–Crippen LogP) is 3.90. The van der Waals surface area contributed by atoms with Gasteiger partial charge in [0.25, 0.3) is 0 Å². The van der Waals surface area contributed by atoms with E-state index in [0.717, 1.165) is 5.82 Å². The summed E-state index contributed by atoms with van der Waals surface area (Å²) in [6, 6.07) is 5.10. The first-order valence-corrected chi connectivity index (χ1v) is 7.35. The highest BCUT2D eigenvalue weighted by Crippen LogP contribution is 2.33. The maximum atomic E-state index is 4.61. The molecule has 0 atom stereocenters. The molecule has 0 radical (unpaired) electrons. The van der Waals surface area contributed by atoms with E-state index in [9.17, 15) is 0 Å². The molecule has 0 bridgehead atoms. The van der Waals surface area contributed by atoms with E-state index < -0.39 is 0 Å². The zero-order chi connectivity index (χ0) is 14.4. The Labute approximate surface area is 121 Å². The minimum absolute atomic E-state index is 0.638. The molecule has 1 saturated carbocycles. The molecule has 1 fully saturated rings. The molecule has 1 aliphatic carbocycles. The number of rotatable bonds is 3. The number of nitrogens with zero attached hydrogens (tertiary/aromatic N) is 2. The van der Waals surface area contributed by atoms with Gasteiger partial charge in [0.2, 0.25) is 0 Å². The summed E-state index contributed by atoms with van der Waals surface area (Å²) in [5.74, 6) is 1.00. The zero-order valence-electron chi connectivity index (χ0n) is 13.0. The number of anilines is 1. The van der Waals surface area contributed by atoms with Crippen LogP contribution in [0.4, 0.5) is 5.82 Å². The van der Waals surface area contributed by atoms with Crippen LogP contribution in [-0.4, -0.2) is 15.8 Å². The smallest absolute Gasteiger partial charge is 0.148 e. The number of hydrogen-bond donors (Lipinski definition) is 1. The number of aromatic nitrogens is 2. The Bertz CT molecular complexity index is 637. The molecule has 3 nitrogen and oxygen atoms in total. The van der Waals surface area contributed by atoms with Gasteiger partial charge in [0.05, 0.1) is 5.69 Å². The minimum atomic E-state index is 0.638. The molecule has 20 heavy (non-hydrogen) atoms. The number of aryl methyl sites for hydroxylation is 3. The van der Waals surface area contributed by atoms with Crippen molar-refractivity contribution in [3.8, 4) is 11.3 Å². The lowest BCUT2D eigenvalue weighted by molar-refractivity contribution is 0.774. The molecule has 0 aliphatic heterocycles. The number of nitrogens with one attached hydrogen (secondary N) is 1. The lowest BCUT2D eigenvalue weighted by Gasteiger charge is -2.15. The molecule has 0 unspecified atom stereocenters. The molecule has 3 heteroatoms. The quantitative estimate of drug-likeness (QED) is 0.916. The van der Waals surface area contributed by atoms with Gasteiger partial charge in [-0.25, -0.2) is 0 Å². The fourth-order valence-electron chi connectivity index (χ4n) is 2.81. The van der Waals surface area contributed by atoms with E-state index in [4.69, 9.17) is 0 Å². The second-order valence-electron chi connectivity index (χ2n) is 6.09. The highest BCUT2D eigenvalue weighted by Gasteiger charge is 2.23. The Hall–Kier alpha value is -1.77. The lowest BCUT2D eigenvalue weighted by Crippen LogP contribution is -2.02. The standard InChI is InChI=1S/C17H23N3/c1-10-8-11(2)13(4)17(12(10)3)15-9-16(19-20(15)5)18-14-6-7-14/h8-9,14H,6-7H2,1-5H3,(H,18,19). The Kier molecular flexibility index (Phi) is 3.08. The van der Waals surface area contributed by atoms with Crippen molar-refractivity contribution in [3.05, 3.63) is 34.4 Å². The normalized spacial score (nSPS) is 14.7. The van der Waals surface area contributed by atoms with Gasteiger partial charge in [-0.15, -0.1) is 0 Å². The van der Waals surface area contributed by atoms with Gasteiger partial charge < -0.3 is 5.32 Å². The first kappa shape index (κ1) is 13.2. The summed E-state index contributed by atoms with van der Waals surface area (Å²) in [5.41, 5.74) is 7.95. The van der Waals surface area contributed by atoms with Crippen LogP contribution in [0.2, 0.25) is 0 Å². The minimum Gasteiger partial charge on any atom is -0.366 e. The molecule has 106 valence electrons. The SMILES string of the molecule is Cc1cc(C)c(C)c(-c2cc(NC3CC3)nn2C)c1C. The van der Waals surface area contributed by atoms with Gasteiger partial charge in [0.15, 0.2) is 0 Å². The fraction of sp³-hybridized carbons (Fsp3) is 0.471. The van der Waals surface area contributed by atoms with Gasteiger partial charge in [-0.3, -0.25) is 4.68 Å². The molecular formula is C17H23N3. The van der Waals surface area contributed by atoms with Gasteiger partial charge in [0.1, 0.15) is 5.82 Å². The van der Waals surface area contributed by atoms with E-state index >= 15 is 0 Å². The second kappa shape index (κ2) is 4.65. The van der Waals surface area contributed by atoms with E-state index in [0.29, 0.717) is 6.04 Å². The average Bonchev–Trinajstić information content (AvgIpc) is 3.12. The van der Waals surface area contributed by atoms with Crippen molar-refractivity contribution in [1.29, 1.82) is 0 Å². The van der Waals surface area contributed by atoms with E-state index in [1.807, 2.05) is 11.7 Å². The van der Waals surface area contributed by atoms with Crippen LogP contribution in [0, 0.1) is 27.7 Å². The summed E-state index contributed by atoms with van der Waals surface area (Å²) in [6.45, 7) is 8.78. The van der Waals surface area contributed by atoms with Crippen LogP contribution in [0.5, 0.6) is 0 Å². The largest absolute Gasteiger partial charge is 0.366 e. The van der Waals surface area contributed by atoms with Crippen LogP contribution in [0.1, 0.15) is 35.1 Å². The summed E-state index contributed by atoms with van der Waals surface area (Å²) < 4.78 is 2.00. The highest BCUT2D eigenvalue weighted by atomic mass is 15.3. The molecular weight excluding hydrogens is 246 g/mol. The molecule has 0 saturated heterocycles. The predicted molar refractivity (Wildman–Crippen MR) is 84.2 cm³/mol. The third kappa shape index (κ3) is 2.21. The molecule has 1 aromatic carbocycles. The molecule has 0 amide bonds. The van der Waals surface area contributed by atoms with Crippen molar-refractivity contribution in [2.75, 3.05) is 5.32 Å². The molecule has 1 N–H and O–H groups in total. The number of benzene rings is 1. The monoisotopic (exact) mass is 269 g/mol. The van der Waals surface area contributed by atoms with Crippen LogP contribution >= 0.6 is 0 Å². The molecule has 1 aromatic heterocycles. The van der Waals surface area contributed by atoms with Crippen molar-refractivity contribution >= 4 is 5.82 Å². The Balaban J connectivity index is 2.10. The van der Waals surface area contributed by atoms with Crippen molar-refractivity contribution < 1.29 is 0 Å². The average molecular weight is 269 g/mol. The molecule has 0 spiro atoms. The maximum absolute atomic E-state index is 4.61. The van der Waals surface area contributed by atoms with Gasteiger partial charge in [-0.2, -0.15) is 5.10 Å². The van der Waals surface area contributed by atoms with Crippen LogP contribution in [0.25, 0.3) is 11.3 Å². The highest BCUT2D eigenvalue weighted by molar-refractivity contribution is 5.73. The van der Waals surface area contributed by atoms with Gasteiger partial charge >= 0.3 is 0 Å². The molecule has 2 aromatic rings. The topological polar surface area (TPSA) is 29.9 Å². The Morgan fingerprint density at radius 2 is 1.65 bits per heavy atom. The molecule has 3 rings (SSSR count). The van der Waals surface area contributed by atoms with Crippen molar-refractivity contribution in [2.45, 2.75) is 46.6 Å². The first-order valence-electron chi connectivity index (χ1n) is 7.35. The van der Waals surface area contributed by atoms with Crippen LogP contribution in [-0.2, 0) is 7.05 Å². The molecule has 1 aliphatic rings. The summed E-state index contributed by atoms with van der Waals surface area (Å²) in [7, 11) is 2.03. The van der Waals surface area contributed by atoms with Crippen LogP contribution in [0.3, 0.4) is 0 Å². The van der Waals surface area contributed by atoms with Crippen LogP contribution in [0.15, 0.2) is 12.1 Å². The Morgan fingerprint density at radius 1 is 1.05 bits per heavy atom. The third-order valence-electron chi connectivity index (χ3n) is 4.43.